The molecule has 2 rings (SSSR count). The summed E-state index contributed by atoms with van der Waals surface area (Å²) in [7, 11) is 0. The summed E-state index contributed by atoms with van der Waals surface area (Å²) in [6.07, 6.45) is 0. The molecule has 0 fully saturated rings. The third-order valence-corrected chi connectivity index (χ3v) is 2.37. The topological polar surface area (TPSA) is 130 Å². The van der Waals surface area contributed by atoms with Gasteiger partial charge in [0, 0.05) is 0 Å². The standard InChI is InChI=1S/C8H6O4.C6H6N2O2/c9-7(10)5-1-2-6(4-3-5)8(11)12;9-8(10)7-6-4-2-1-3-5-6/h1-4H,(H,9,10)(H,11,12);1-5,7H. The molecule has 2 aromatic carbocycles. The van der Waals surface area contributed by atoms with Crippen LogP contribution in [0.4, 0.5) is 5.69 Å². The van der Waals surface area contributed by atoms with Crippen LogP contribution in [0.5, 0.6) is 0 Å². The van der Waals surface area contributed by atoms with Crippen molar-refractivity contribution in [3.63, 3.8) is 0 Å². The molecule has 0 unspecified atom stereocenters. The Labute approximate surface area is 124 Å². The fraction of sp³-hybridized carbons (Fsp3) is 0. The van der Waals surface area contributed by atoms with Crippen LogP contribution in [0.3, 0.4) is 0 Å². The van der Waals surface area contributed by atoms with Crippen molar-refractivity contribution in [1.29, 1.82) is 0 Å². The molecule has 0 heterocycles. The summed E-state index contributed by atoms with van der Waals surface area (Å²) < 4.78 is 0. The molecule has 0 spiro atoms. The van der Waals surface area contributed by atoms with Crippen LogP contribution in [-0.2, 0) is 0 Å². The van der Waals surface area contributed by atoms with Crippen LogP contribution in [-0.4, -0.2) is 27.2 Å². The van der Waals surface area contributed by atoms with Gasteiger partial charge in [-0.3, -0.25) is 0 Å². The van der Waals surface area contributed by atoms with Gasteiger partial charge < -0.3 is 10.2 Å². The highest BCUT2D eigenvalue weighted by Crippen LogP contribution is 2.04. The van der Waals surface area contributed by atoms with E-state index in [-0.39, 0.29) is 11.1 Å². The van der Waals surface area contributed by atoms with Crippen molar-refractivity contribution in [3.05, 3.63) is 75.8 Å². The molecule has 114 valence electrons. The summed E-state index contributed by atoms with van der Waals surface area (Å²) in [5.41, 5.74) is 2.69. The normalized spacial score (nSPS) is 9.09. The number of carbonyl (C=O) groups is 2. The molecule has 0 aromatic heterocycles. The SMILES string of the molecule is O=C(O)c1ccc(C(=O)O)cc1.O=[N+]([O-])Nc1ccccc1. The average Bonchev–Trinajstić information content (AvgIpc) is 2.48. The molecule has 0 amide bonds. The van der Waals surface area contributed by atoms with E-state index in [2.05, 4.69) is 0 Å². The summed E-state index contributed by atoms with van der Waals surface area (Å²) in [5, 5.41) is 26.2. The number of rotatable bonds is 4. The number of aromatic carboxylic acids is 2. The van der Waals surface area contributed by atoms with Gasteiger partial charge >= 0.3 is 11.9 Å². The van der Waals surface area contributed by atoms with Gasteiger partial charge in [-0.1, -0.05) is 18.2 Å². The summed E-state index contributed by atoms with van der Waals surface area (Å²) >= 11 is 0. The number of nitro groups is 1. The zero-order valence-electron chi connectivity index (χ0n) is 11.2. The Hall–Kier alpha value is -3.42. The molecular weight excluding hydrogens is 292 g/mol. The zero-order valence-corrected chi connectivity index (χ0v) is 11.2. The Balaban J connectivity index is 0.000000224. The van der Waals surface area contributed by atoms with Gasteiger partial charge in [-0.05, 0) is 36.4 Å². The fourth-order valence-electron chi connectivity index (χ4n) is 1.37. The van der Waals surface area contributed by atoms with Crippen LogP contribution < -0.4 is 5.43 Å². The van der Waals surface area contributed by atoms with Crippen molar-refractivity contribution in [2.75, 3.05) is 5.43 Å². The second-order valence-electron chi connectivity index (χ2n) is 3.92. The van der Waals surface area contributed by atoms with Crippen LogP contribution in [0.25, 0.3) is 0 Å². The Morgan fingerprint density at radius 3 is 1.59 bits per heavy atom. The number of hydrogen-bond donors (Lipinski definition) is 3. The molecule has 0 saturated carbocycles. The number of anilines is 1. The van der Waals surface area contributed by atoms with E-state index in [1.165, 1.54) is 24.3 Å². The van der Waals surface area contributed by atoms with Crippen LogP contribution in [0.2, 0.25) is 0 Å². The molecule has 22 heavy (non-hydrogen) atoms. The van der Waals surface area contributed by atoms with Crippen molar-refractivity contribution in [1.82, 2.24) is 0 Å². The smallest absolute Gasteiger partial charge is 0.335 e. The number of nitrogens with zero attached hydrogens (tertiary/aromatic N) is 1. The number of benzene rings is 2. The maximum atomic E-state index is 10.3. The first-order valence-corrected chi connectivity index (χ1v) is 5.93. The summed E-state index contributed by atoms with van der Waals surface area (Å²) in [4.78, 5) is 30.5. The highest BCUT2D eigenvalue weighted by Gasteiger charge is 2.04. The van der Waals surface area contributed by atoms with Crippen molar-refractivity contribution >= 4 is 17.6 Å². The predicted molar refractivity (Wildman–Crippen MR) is 77.4 cm³/mol. The molecule has 8 heteroatoms. The van der Waals surface area contributed by atoms with Gasteiger partial charge in [-0.25, -0.2) is 19.7 Å². The van der Waals surface area contributed by atoms with Gasteiger partial charge in [0.15, 0.2) is 5.03 Å². The van der Waals surface area contributed by atoms with Crippen LogP contribution >= 0.6 is 0 Å². The highest BCUT2D eigenvalue weighted by atomic mass is 16.7. The molecule has 0 saturated heterocycles. The summed E-state index contributed by atoms with van der Waals surface area (Å²) in [5.74, 6) is -2.13. The van der Waals surface area contributed by atoms with E-state index in [1.807, 2.05) is 5.43 Å². The first kappa shape index (κ1) is 16.6. The molecule has 0 aliphatic heterocycles. The number of nitrogens with one attached hydrogen (secondary N) is 1. The van der Waals surface area contributed by atoms with Crippen LogP contribution in [0.1, 0.15) is 20.7 Å². The minimum atomic E-state index is -1.06. The molecule has 0 radical (unpaired) electrons. The lowest BCUT2D eigenvalue weighted by Crippen LogP contribution is -2.06. The molecular formula is C14H12N2O6. The van der Waals surface area contributed by atoms with Crippen molar-refractivity contribution < 1.29 is 24.8 Å². The summed E-state index contributed by atoms with van der Waals surface area (Å²) in [6, 6.07) is 13.5. The van der Waals surface area contributed by atoms with E-state index in [4.69, 9.17) is 10.2 Å². The Morgan fingerprint density at radius 1 is 0.864 bits per heavy atom. The van der Waals surface area contributed by atoms with Crippen LogP contribution in [0, 0.1) is 10.1 Å². The van der Waals surface area contributed by atoms with Crippen LogP contribution in [0.15, 0.2) is 54.6 Å². The third-order valence-electron chi connectivity index (χ3n) is 2.37. The van der Waals surface area contributed by atoms with E-state index in [9.17, 15) is 19.7 Å². The van der Waals surface area contributed by atoms with E-state index >= 15 is 0 Å². The predicted octanol–water partition coefficient (Wildman–Crippen LogP) is 2.37. The van der Waals surface area contributed by atoms with Gasteiger partial charge in [-0.15, -0.1) is 5.43 Å². The molecule has 0 atom stereocenters. The monoisotopic (exact) mass is 304 g/mol. The van der Waals surface area contributed by atoms with E-state index in [0.717, 1.165) is 0 Å². The fourth-order valence-corrected chi connectivity index (χ4v) is 1.37. The van der Waals surface area contributed by atoms with Crippen molar-refractivity contribution in [3.8, 4) is 0 Å². The van der Waals surface area contributed by atoms with Gasteiger partial charge in [0.2, 0.25) is 0 Å². The van der Waals surface area contributed by atoms with Gasteiger partial charge in [0.05, 0.1) is 11.1 Å². The Kier molecular flexibility index (Phi) is 6.05. The lowest BCUT2D eigenvalue weighted by atomic mass is 10.1. The van der Waals surface area contributed by atoms with Gasteiger partial charge in [0.25, 0.3) is 0 Å². The average molecular weight is 304 g/mol. The Morgan fingerprint density at radius 2 is 1.27 bits per heavy atom. The van der Waals surface area contributed by atoms with E-state index in [0.29, 0.717) is 5.69 Å². The number of carboxylic acids is 2. The highest BCUT2D eigenvalue weighted by molar-refractivity contribution is 5.91. The minimum Gasteiger partial charge on any atom is -0.478 e. The van der Waals surface area contributed by atoms with Crippen molar-refractivity contribution in [2.45, 2.75) is 0 Å². The van der Waals surface area contributed by atoms with Crippen molar-refractivity contribution in [2.24, 2.45) is 0 Å². The minimum absolute atomic E-state index is 0.0833. The maximum absolute atomic E-state index is 10.3. The van der Waals surface area contributed by atoms with E-state index in [1.54, 1.807) is 30.3 Å². The molecule has 2 aromatic rings. The zero-order chi connectivity index (χ0) is 16.5. The quantitative estimate of drug-likeness (QED) is 0.584. The molecule has 3 N–H and O–H groups in total. The van der Waals surface area contributed by atoms with Gasteiger partial charge in [-0.2, -0.15) is 0 Å². The third kappa shape index (κ3) is 5.70. The lowest BCUT2D eigenvalue weighted by molar-refractivity contribution is -0.445. The van der Waals surface area contributed by atoms with E-state index < -0.39 is 17.0 Å². The second-order valence-corrected chi connectivity index (χ2v) is 3.92. The second kappa shape index (κ2) is 8.00. The van der Waals surface area contributed by atoms with Gasteiger partial charge in [0.1, 0.15) is 5.69 Å². The number of hydrazine groups is 1. The number of carboxylic acid groups (broad SMARTS) is 2. The first-order chi connectivity index (χ1) is 10.4. The Bertz CT molecular complexity index is 622. The first-order valence-electron chi connectivity index (χ1n) is 5.93. The maximum Gasteiger partial charge on any atom is 0.335 e. The number of hydrogen-bond acceptors (Lipinski definition) is 4. The largest absolute Gasteiger partial charge is 0.478 e. The molecule has 0 aliphatic carbocycles. The molecule has 0 bridgehead atoms. The number of para-hydroxylation sites is 1. The summed E-state index contributed by atoms with van der Waals surface area (Å²) in [6.45, 7) is 0. The lowest BCUT2D eigenvalue weighted by Gasteiger charge is -1.94. The molecule has 8 nitrogen and oxygen atoms in total. The molecule has 0 aliphatic rings.